The van der Waals surface area contributed by atoms with Crippen molar-refractivity contribution in [2.24, 2.45) is 0 Å². The van der Waals surface area contributed by atoms with Crippen molar-refractivity contribution in [3.63, 3.8) is 0 Å². The summed E-state index contributed by atoms with van der Waals surface area (Å²) < 4.78 is 13.0. The number of likely N-dealkylation sites (N-methyl/N-ethyl adjacent to an activating group) is 1. The molecule has 4 rings (SSSR count). The maximum absolute atomic E-state index is 13.0. The number of fused-ring (bicyclic) bond motifs is 1. The molecule has 0 spiro atoms. The number of rotatable bonds is 4. The van der Waals surface area contributed by atoms with Gasteiger partial charge in [-0.05, 0) is 37.1 Å². The zero-order chi connectivity index (χ0) is 15.8. The van der Waals surface area contributed by atoms with Gasteiger partial charge in [-0.15, -0.1) is 0 Å². The molecule has 0 saturated carbocycles. The molecular weight excluding hydrogens is 304 g/mol. The standard InChI is InChI=1S/C19H22N2OS/c1-20(16-11-13-21-14-12-17(16)21)18-9-5-6-10-19(18)23(22)15-7-3-2-4-8-15/h2-10,16-17H,11-14H2,1H3. The van der Waals surface area contributed by atoms with E-state index in [9.17, 15) is 4.21 Å². The lowest BCUT2D eigenvalue weighted by Crippen LogP contribution is -2.52. The summed E-state index contributed by atoms with van der Waals surface area (Å²) >= 11 is 0. The van der Waals surface area contributed by atoms with Crippen molar-refractivity contribution >= 4 is 16.5 Å². The molecule has 2 fully saturated rings. The zero-order valence-electron chi connectivity index (χ0n) is 13.4. The fourth-order valence-electron chi connectivity index (χ4n) is 3.87. The predicted octanol–water partition coefficient (Wildman–Crippen LogP) is 3.14. The molecule has 2 aromatic rings. The second-order valence-corrected chi connectivity index (χ2v) is 7.86. The summed E-state index contributed by atoms with van der Waals surface area (Å²) in [5.41, 5.74) is 1.11. The highest BCUT2D eigenvalue weighted by Crippen LogP contribution is 2.36. The molecule has 0 N–H and O–H groups in total. The van der Waals surface area contributed by atoms with Crippen molar-refractivity contribution in [1.82, 2.24) is 4.90 Å². The lowest BCUT2D eigenvalue weighted by molar-refractivity contribution is 0.131. The highest BCUT2D eigenvalue weighted by atomic mass is 32.2. The summed E-state index contributed by atoms with van der Waals surface area (Å²) in [6.07, 6.45) is 2.49. The number of para-hydroxylation sites is 1. The predicted molar refractivity (Wildman–Crippen MR) is 94.3 cm³/mol. The van der Waals surface area contributed by atoms with Crippen LogP contribution in [0.3, 0.4) is 0 Å². The highest BCUT2D eigenvalue weighted by molar-refractivity contribution is 7.85. The molecule has 23 heavy (non-hydrogen) atoms. The van der Waals surface area contributed by atoms with Crippen LogP contribution in [-0.4, -0.2) is 41.3 Å². The van der Waals surface area contributed by atoms with E-state index < -0.39 is 10.8 Å². The lowest BCUT2D eigenvalue weighted by Gasteiger charge is -2.41. The molecule has 0 radical (unpaired) electrons. The van der Waals surface area contributed by atoms with E-state index in [1.165, 1.54) is 25.9 Å². The number of benzene rings is 2. The van der Waals surface area contributed by atoms with Gasteiger partial charge < -0.3 is 4.90 Å². The second-order valence-electron chi connectivity index (χ2n) is 6.41. The van der Waals surface area contributed by atoms with Gasteiger partial charge in [-0.25, -0.2) is 4.21 Å². The van der Waals surface area contributed by atoms with Crippen LogP contribution in [0.25, 0.3) is 0 Å². The van der Waals surface area contributed by atoms with Gasteiger partial charge in [0.1, 0.15) is 0 Å². The van der Waals surface area contributed by atoms with E-state index in [2.05, 4.69) is 22.9 Å². The van der Waals surface area contributed by atoms with E-state index in [4.69, 9.17) is 0 Å². The average molecular weight is 326 g/mol. The first-order valence-corrected chi connectivity index (χ1v) is 9.43. The molecule has 0 amide bonds. The van der Waals surface area contributed by atoms with Crippen LogP contribution in [0.4, 0.5) is 5.69 Å². The molecule has 0 aliphatic carbocycles. The summed E-state index contributed by atoms with van der Waals surface area (Å²) in [7, 11) is 1.02. The zero-order valence-corrected chi connectivity index (χ0v) is 14.2. The van der Waals surface area contributed by atoms with Crippen LogP contribution >= 0.6 is 0 Å². The van der Waals surface area contributed by atoms with E-state index in [-0.39, 0.29) is 0 Å². The number of anilines is 1. The van der Waals surface area contributed by atoms with Gasteiger partial charge in [0.15, 0.2) is 0 Å². The maximum atomic E-state index is 13.0. The molecular formula is C19H22N2OS. The van der Waals surface area contributed by atoms with E-state index in [0.29, 0.717) is 12.1 Å². The molecule has 2 saturated heterocycles. The van der Waals surface area contributed by atoms with E-state index in [0.717, 1.165) is 15.5 Å². The van der Waals surface area contributed by atoms with Gasteiger partial charge in [-0.1, -0.05) is 30.3 Å². The van der Waals surface area contributed by atoms with E-state index in [1.807, 2.05) is 48.5 Å². The number of hydrogen-bond acceptors (Lipinski definition) is 3. The Hall–Kier alpha value is -1.65. The van der Waals surface area contributed by atoms with Crippen LogP contribution in [0.15, 0.2) is 64.4 Å². The third-order valence-electron chi connectivity index (χ3n) is 5.24. The molecule has 3 unspecified atom stereocenters. The normalized spacial score (nSPS) is 24.7. The van der Waals surface area contributed by atoms with Gasteiger partial charge in [-0.3, -0.25) is 4.90 Å². The average Bonchev–Trinajstić information content (AvgIpc) is 2.88. The third kappa shape index (κ3) is 2.60. The van der Waals surface area contributed by atoms with Crippen molar-refractivity contribution in [2.75, 3.05) is 25.0 Å². The smallest absolute Gasteiger partial charge is 0.0870 e. The fraction of sp³-hybridized carbons (Fsp3) is 0.368. The van der Waals surface area contributed by atoms with Crippen LogP contribution in [-0.2, 0) is 10.8 Å². The van der Waals surface area contributed by atoms with Crippen molar-refractivity contribution in [3.05, 3.63) is 54.6 Å². The Balaban J connectivity index is 1.66. The lowest BCUT2D eigenvalue weighted by atomic mass is 9.98. The van der Waals surface area contributed by atoms with Crippen LogP contribution in [0.5, 0.6) is 0 Å². The molecule has 0 aromatic heterocycles. The summed E-state index contributed by atoms with van der Waals surface area (Å²) in [5.74, 6) is 0. The Morgan fingerprint density at radius 3 is 2.39 bits per heavy atom. The van der Waals surface area contributed by atoms with Crippen LogP contribution < -0.4 is 4.90 Å². The first kappa shape index (κ1) is 14.9. The molecule has 4 heteroatoms. The second kappa shape index (κ2) is 6.10. The van der Waals surface area contributed by atoms with Gasteiger partial charge in [0.2, 0.25) is 0 Å². The van der Waals surface area contributed by atoms with E-state index >= 15 is 0 Å². The fourth-order valence-corrected chi connectivity index (χ4v) is 5.13. The Morgan fingerprint density at radius 2 is 1.70 bits per heavy atom. The van der Waals surface area contributed by atoms with Crippen LogP contribution in [0.2, 0.25) is 0 Å². The van der Waals surface area contributed by atoms with Crippen molar-refractivity contribution in [3.8, 4) is 0 Å². The van der Waals surface area contributed by atoms with Crippen molar-refractivity contribution in [2.45, 2.75) is 34.7 Å². The quantitative estimate of drug-likeness (QED) is 0.862. The summed E-state index contributed by atoms with van der Waals surface area (Å²) in [6.45, 7) is 2.44. The molecule has 2 heterocycles. The van der Waals surface area contributed by atoms with Crippen LogP contribution in [0, 0.1) is 0 Å². The maximum Gasteiger partial charge on any atom is 0.0870 e. The van der Waals surface area contributed by atoms with Crippen LogP contribution in [0.1, 0.15) is 12.8 Å². The number of hydrogen-bond donors (Lipinski definition) is 0. The minimum Gasteiger partial charge on any atom is -0.369 e. The number of nitrogens with zero attached hydrogens (tertiary/aromatic N) is 2. The SMILES string of the molecule is CN(c1ccccc1S(=O)c1ccccc1)C1CCN2CCC12. The van der Waals surface area contributed by atoms with Crippen molar-refractivity contribution < 1.29 is 4.21 Å². The molecule has 2 aromatic carbocycles. The minimum atomic E-state index is -1.14. The topological polar surface area (TPSA) is 23.6 Å². The molecule has 120 valence electrons. The van der Waals surface area contributed by atoms with Gasteiger partial charge in [-0.2, -0.15) is 0 Å². The minimum absolute atomic E-state index is 0.540. The largest absolute Gasteiger partial charge is 0.369 e. The third-order valence-corrected chi connectivity index (χ3v) is 6.68. The monoisotopic (exact) mass is 326 g/mol. The Morgan fingerprint density at radius 1 is 1.00 bits per heavy atom. The molecule has 2 aliphatic rings. The molecule has 0 bridgehead atoms. The Kier molecular flexibility index (Phi) is 3.95. The van der Waals surface area contributed by atoms with Gasteiger partial charge in [0, 0.05) is 37.1 Å². The first-order chi connectivity index (χ1) is 11.3. The Bertz CT molecular complexity index is 718. The highest BCUT2D eigenvalue weighted by Gasteiger charge is 2.42. The molecule has 2 aliphatic heterocycles. The van der Waals surface area contributed by atoms with E-state index in [1.54, 1.807) is 0 Å². The molecule has 3 nitrogen and oxygen atoms in total. The van der Waals surface area contributed by atoms with Gasteiger partial charge in [0.25, 0.3) is 0 Å². The first-order valence-electron chi connectivity index (χ1n) is 8.28. The van der Waals surface area contributed by atoms with Crippen molar-refractivity contribution in [1.29, 1.82) is 0 Å². The summed E-state index contributed by atoms with van der Waals surface area (Å²) in [5, 5.41) is 0. The summed E-state index contributed by atoms with van der Waals surface area (Å²) in [4.78, 5) is 6.71. The van der Waals surface area contributed by atoms with Gasteiger partial charge >= 0.3 is 0 Å². The molecule has 3 atom stereocenters. The Labute approximate surface area is 140 Å². The summed E-state index contributed by atoms with van der Waals surface area (Å²) in [6, 6.07) is 19.1. The van der Waals surface area contributed by atoms with Gasteiger partial charge in [0.05, 0.1) is 21.4 Å².